The van der Waals surface area contributed by atoms with Gasteiger partial charge < -0.3 is 5.11 Å². The Hall–Kier alpha value is -0.550. The monoisotopic (exact) mass is 217 g/mol. The number of thiazole rings is 1. The summed E-state index contributed by atoms with van der Waals surface area (Å²) in [6, 6.07) is 0. The molecule has 72 valence electrons. The standard InChI is InChI=1S/C8H11NO2S2/c1-5(2)6-3-9-8(13-6)12-4-7(10)11/h3,5H,4H2,1-2H3,(H,10,11). The van der Waals surface area contributed by atoms with Gasteiger partial charge in [0, 0.05) is 11.1 Å². The number of thioether (sulfide) groups is 1. The number of carboxylic acids is 1. The molecule has 0 saturated carbocycles. The Morgan fingerprint density at radius 1 is 1.77 bits per heavy atom. The van der Waals surface area contributed by atoms with Gasteiger partial charge in [0.25, 0.3) is 0 Å². The van der Waals surface area contributed by atoms with Crippen molar-refractivity contribution in [2.75, 3.05) is 5.75 Å². The van der Waals surface area contributed by atoms with Crippen LogP contribution in [-0.2, 0) is 4.79 Å². The number of aromatic nitrogens is 1. The second-order valence-electron chi connectivity index (χ2n) is 2.87. The predicted molar refractivity (Wildman–Crippen MR) is 54.6 cm³/mol. The minimum absolute atomic E-state index is 0.0883. The number of rotatable bonds is 4. The molecule has 0 aliphatic heterocycles. The van der Waals surface area contributed by atoms with Crippen LogP contribution < -0.4 is 0 Å². The highest BCUT2D eigenvalue weighted by Gasteiger charge is 2.07. The average molecular weight is 217 g/mol. The molecule has 0 radical (unpaired) electrons. The second-order valence-corrected chi connectivity index (χ2v) is 5.15. The lowest BCUT2D eigenvalue weighted by molar-refractivity contribution is -0.133. The largest absolute Gasteiger partial charge is 0.481 e. The Kier molecular flexibility index (Phi) is 3.74. The van der Waals surface area contributed by atoms with Crippen LogP contribution in [0.1, 0.15) is 24.6 Å². The molecule has 0 atom stereocenters. The Balaban J connectivity index is 2.54. The number of hydrogen-bond acceptors (Lipinski definition) is 4. The van der Waals surface area contributed by atoms with Crippen LogP contribution in [0.2, 0.25) is 0 Å². The van der Waals surface area contributed by atoms with Gasteiger partial charge in [-0.05, 0) is 5.92 Å². The lowest BCUT2D eigenvalue weighted by Gasteiger charge is -1.95. The summed E-state index contributed by atoms with van der Waals surface area (Å²) in [4.78, 5) is 15.6. The average Bonchev–Trinajstić information content (AvgIpc) is 2.48. The fourth-order valence-electron chi connectivity index (χ4n) is 0.727. The van der Waals surface area contributed by atoms with Crippen LogP contribution in [0, 0.1) is 0 Å². The molecule has 0 bridgehead atoms. The van der Waals surface area contributed by atoms with E-state index >= 15 is 0 Å². The molecule has 1 N–H and O–H groups in total. The molecule has 0 aliphatic rings. The Labute approximate surface area is 85.2 Å². The van der Waals surface area contributed by atoms with E-state index in [1.165, 1.54) is 16.6 Å². The summed E-state index contributed by atoms with van der Waals surface area (Å²) in [6.07, 6.45) is 1.82. The van der Waals surface area contributed by atoms with Crippen molar-refractivity contribution in [1.82, 2.24) is 4.98 Å². The summed E-state index contributed by atoms with van der Waals surface area (Å²) in [7, 11) is 0. The van der Waals surface area contributed by atoms with E-state index in [0.717, 1.165) is 4.34 Å². The van der Waals surface area contributed by atoms with E-state index in [1.54, 1.807) is 11.3 Å². The Bertz CT molecular complexity index is 296. The lowest BCUT2D eigenvalue weighted by atomic mass is 10.2. The zero-order valence-electron chi connectivity index (χ0n) is 7.48. The van der Waals surface area contributed by atoms with Crippen molar-refractivity contribution in [3.05, 3.63) is 11.1 Å². The summed E-state index contributed by atoms with van der Waals surface area (Å²) in [6.45, 7) is 4.19. The summed E-state index contributed by atoms with van der Waals surface area (Å²) < 4.78 is 0.839. The maximum Gasteiger partial charge on any atom is 0.313 e. The molecule has 0 aliphatic carbocycles. The predicted octanol–water partition coefficient (Wildman–Crippen LogP) is 2.44. The van der Waals surface area contributed by atoms with Crippen LogP contribution in [0.5, 0.6) is 0 Å². The van der Waals surface area contributed by atoms with Crippen LogP contribution >= 0.6 is 23.1 Å². The summed E-state index contributed by atoms with van der Waals surface area (Å²) in [5.74, 6) is -0.242. The van der Waals surface area contributed by atoms with Crippen molar-refractivity contribution < 1.29 is 9.90 Å². The summed E-state index contributed by atoms with van der Waals surface area (Å²) >= 11 is 2.85. The molecule has 0 spiro atoms. The highest BCUT2D eigenvalue weighted by molar-refractivity contribution is 8.01. The van der Waals surface area contributed by atoms with Gasteiger partial charge in [-0.3, -0.25) is 4.79 Å². The number of carbonyl (C=O) groups is 1. The number of nitrogens with zero attached hydrogens (tertiary/aromatic N) is 1. The first-order valence-corrected chi connectivity index (χ1v) is 5.70. The van der Waals surface area contributed by atoms with Gasteiger partial charge >= 0.3 is 5.97 Å². The lowest BCUT2D eigenvalue weighted by Crippen LogP contribution is -1.96. The molecule has 0 aromatic carbocycles. The van der Waals surface area contributed by atoms with Crippen LogP contribution in [0.4, 0.5) is 0 Å². The Morgan fingerprint density at radius 2 is 2.46 bits per heavy atom. The quantitative estimate of drug-likeness (QED) is 0.787. The molecule has 1 aromatic heterocycles. The topological polar surface area (TPSA) is 50.2 Å². The van der Waals surface area contributed by atoms with Crippen molar-refractivity contribution in [3.8, 4) is 0 Å². The molecule has 13 heavy (non-hydrogen) atoms. The second kappa shape index (κ2) is 4.62. The normalized spacial score (nSPS) is 10.7. The van der Waals surface area contributed by atoms with E-state index < -0.39 is 5.97 Å². The molecule has 3 nitrogen and oxygen atoms in total. The molecular formula is C8H11NO2S2. The van der Waals surface area contributed by atoms with Gasteiger partial charge in [-0.25, -0.2) is 4.98 Å². The maximum atomic E-state index is 10.3. The minimum Gasteiger partial charge on any atom is -0.481 e. The van der Waals surface area contributed by atoms with Crippen LogP contribution in [-0.4, -0.2) is 21.8 Å². The first-order valence-electron chi connectivity index (χ1n) is 3.90. The molecular weight excluding hydrogens is 206 g/mol. The van der Waals surface area contributed by atoms with Crippen molar-refractivity contribution in [1.29, 1.82) is 0 Å². The molecule has 1 rings (SSSR count). The third-order valence-electron chi connectivity index (χ3n) is 1.39. The minimum atomic E-state index is -0.800. The molecule has 0 unspecified atom stereocenters. The van der Waals surface area contributed by atoms with Gasteiger partial charge in [-0.1, -0.05) is 25.6 Å². The zero-order valence-corrected chi connectivity index (χ0v) is 9.11. The zero-order chi connectivity index (χ0) is 9.84. The molecule has 0 fully saturated rings. The van der Waals surface area contributed by atoms with Gasteiger partial charge in [0.05, 0.1) is 5.75 Å². The molecule has 1 heterocycles. The van der Waals surface area contributed by atoms with E-state index in [1.807, 2.05) is 6.20 Å². The van der Waals surface area contributed by atoms with Crippen molar-refractivity contribution in [2.24, 2.45) is 0 Å². The third-order valence-corrected chi connectivity index (χ3v) is 3.83. The van der Waals surface area contributed by atoms with E-state index in [0.29, 0.717) is 5.92 Å². The smallest absolute Gasteiger partial charge is 0.313 e. The first-order chi connectivity index (χ1) is 6.09. The summed E-state index contributed by atoms with van der Waals surface area (Å²) in [5, 5.41) is 8.45. The van der Waals surface area contributed by atoms with Crippen LogP contribution in [0.15, 0.2) is 10.5 Å². The third kappa shape index (κ3) is 3.36. The van der Waals surface area contributed by atoms with E-state index in [9.17, 15) is 4.79 Å². The molecule has 1 aromatic rings. The fraction of sp³-hybridized carbons (Fsp3) is 0.500. The molecule has 0 amide bonds. The van der Waals surface area contributed by atoms with E-state index in [4.69, 9.17) is 5.11 Å². The maximum absolute atomic E-state index is 10.3. The Morgan fingerprint density at radius 3 is 2.92 bits per heavy atom. The van der Waals surface area contributed by atoms with E-state index in [-0.39, 0.29) is 5.75 Å². The van der Waals surface area contributed by atoms with Gasteiger partial charge in [0.15, 0.2) is 4.34 Å². The van der Waals surface area contributed by atoms with Gasteiger partial charge in [0.1, 0.15) is 0 Å². The van der Waals surface area contributed by atoms with Gasteiger partial charge in [-0.15, -0.1) is 11.3 Å². The van der Waals surface area contributed by atoms with Crippen molar-refractivity contribution >= 4 is 29.1 Å². The number of aliphatic carboxylic acids is 1. The van der Waals surface area contributed by atoms with Gasteiger partial charge in [-0.2, -0.15) is 0 Å². The van der Waals surface area contributed by atoms with Crippen LogP contribution in [0.3, 0.4) is 0 Å². The summed E-state index contributed by atoms with van der Waals surface area (Å²) in [5.41, 5.74) is 0. The highest BCUT2D eigenvalue weighted by atomic mass is 32.2. The van der Waals surface area contributed by atoms with E-state index in [2.05, 4.69) is 18.8 Å². The first kappa shape index (κ1) is 10.5. The fourth-order valence-corrected chi connectivity index (χ4v) is 2.45. The van der Waals surface area contributed by atoms with Crippen molar-refractivity contribution in [3.63, 3.8) is 0 Å². The highest BCUT2D eigenvalue weighted by Crippen LogP contribution is 2.28. The molecule has 5 heteroatoms. The van der Waals surface area contributed by atoms with Crippen molar-refractivity contribution in [2.45, 2.75) is 24.1 Å². The van der Waals surface area contributed by atoms with Crippen LogP contribution in [0.25, 0.3) is 0 Å². The van der Waals surface area contributed by atoms with Gasteiger partial charge in [0.2, 0.25) is 0 Å². The number of carboxylic acid groups (broad SMARTS) is 1. The SMILES string of the molecule is CC(C)c1cnc(SCC(=O)O)s1. The number of hydrogen-bond donors (Lipinski definition) is 1. The molecule has 0 saturated heterocycles.